The Balaban J connectivity index is 1.30. The number of nitrogens with zero attached hydrogens (tertiary/aromatic N) is 2. The van der Waals surface area contributed by atoms with Crippen molar-refractivity contribution >= 4 is 29.0 Å². The molecule has 48 heavy (non-hydrogen) atoms. The molecule has 0 spiro atoms. The molecule has 0 aliphatic heterocycles. The molecule has 0 fully saturated rings. The number of hydrogen-bond acceptors (Lipinski definition) is 6. The lowest BCUT2D eigenvalue weighted by Crippen LogP contribution is -2.42. The fraction of sp³-hybridized carbons (Fsp3) is 0.256. The monoisotopic (exact) mass is 663 g/mol. The third-order valence-corrected chi connectivity index (χ3v) is 9.71. The molecule has 2 heterocycles. The van der Waals surface area contributed by atoms with Gasteiger partial charge in [0, 0.05) is 46.3 Å². The number of rotatable bonds is 11. The van der Waals surface area contributed by atoms with Crippen LogP contribution in [-0.2, 0) is 21.4 Å². The number of carbonyl (C=O) groups is 3. The lowest BCUT2D eigenvalue weighted by Gasteiger charge is -2.18. The number of benzene rings is 3. The molecule has 9 heteroatoms. The smallest absolute Gasteiger partial charge is 0.325 e. The SMILES string of the molecule is Cc1ccc(-c2ccc(-c3cnc(-c4ccc(C[C@H](CC(=O)c5ccc(C(C)(C)C)s5)C(=O)N[C@H](C)C(=O)O)cc4)nc3)c(F)c2)cc1. The molecule has 7 nitrogen and oxygen atoms in total. The maximum Gasteiger partial charge on any atom is 0.325 e. The molecular formula is C39H38FN3O4S. The molecule has 2 aromatic heterocycles. The normalized spacial score (nSPS) is 12.7. The van der Waals surface area contributed by atoms with Crippen molar-refractivity contribution in [2.45, 2.75) is 58.9 Å². The number of thiophene rings is 1. The number of nitrogens with one attached hydrogen (secondary N) is 1. The molecule has 2 atom stereocenters. The van der Waals surface area contributed by atoms with Gasteiger partial charge in [0.25, 0.3) is 0 Å². The lowest BCUT2D eigenvalue weighted by molar-refractivity contribution is -0.141. The summed E-state index contributed by atoms with van der Waals surface area (Å²) in [5.41, 5.74) is 5.24. The average molecular weight is 664 g/mol. The Morgan fingerprint density at radius 3 is 2.06 bits per heavy atom. The zero-order valence-electron chi connectivity index (χ0n) is 27.6. The number of carboxylic acids is 1. The van der Waals surface area contributed by atoms with E-state index in [0.717, 1.165) is 32.7 Å². The highest BCUT2D eigenvalue weighted by molar-refractivity contribution is 7.14. The van der Waals surface area contributed by atoms with E-state index in [4.69, 9.17) is 0 Å². The summed E-state index contributed by atoms with van der Waals surface area (Å²) in [5, 5.41) is 11.9. The van der Waals surface area contributed by atoms with Gasteiger partial charge >= 0.3 is 5.97 Å². The van der Waals surface area contributed by atoms with Crippen LogP contribution in [-0.4, -0.2) is 38.8 Å². The van der Waals surface area contributed by atoms with Gasteiger partial charge in [0.2, 0.25) is 5.91 Å². The van der Waals surface area contributed by atoms with Crippen molar-refractivity contribution in [3.8, 4) is 33.6 Å². The number of halogens is 1. The Hall–Kier alpha value is -5.02. The minimum absolute atomic E-state index is 0.0584. The highest BCUT2D eigenvalue weighted by atomic mass is 32.1. The van der Waals surface area contributed by atoms with Gasteiger partial charge in [-0.25, -0.2) is 14.4 Å². The van der Waals surface area contributed by atoms with Crippen molar-refractivity contribution in [2.75, 3.05) is 0 Å². The van der Waals surface area contributed by atoms with Crippen LogP contribution in [0.1, 0.15) is 59.8 Å². The quantitative estimate of drug-likeness (QED) is 0.138. The van der Waals surface area contributed by atoms with Crippen LogP contribution < -0.4 is 5.32 Å². The van der Waals surface area contributed by atoms with Gasteiger partial charge in [-0.2, -0.15) is 0 Å². The molecule has 2 N–H and O–H groups in total. The molecule has 0 saturated heterocycles. The van der Waals surface area contributed by atoms with E-state index in [1.54, 1.807) is 24.5 Å². The van der Waals surface area contributed by atoms with Crippen LogP contribution in [0, 0.1) is 18.7 Å². The number of hydrogen-bond donors (Lipinski definition) is 2. The van der Waals surface area contributed by atoms with Crippen LogP contribution in [0.15, 0.2) is 91.3 Å². The number of ketones is 1. The predicted molar refractivity (Wildman–Crippen MR) is 187 cm³/mol. The van der Waals surface area contributed by atoms with Gasteiger partial charge in [-0.1, -0.05) is 87.0 Å². The van der Waals surface area contributed by atoms with Crippen LogP contribution in [0.4, 0.5) is 4.39 Å². The van der Waals surface area contributed by atoms with Gasteiger partial charge in [-0.05, 0) is 60.6 Å². The molecule has 3 aromatic carbocycles. The van der Waals surface area contributed by atoms with Gasteiger partial charge in [0.05, 0.1) is 4.88 Å². The van der Waals surface area contributed by atoms with E-state index in [1.165, 1.54) is 24.3 Å². The summed E-state index contributed by atoms with van der Waals surface area (Å²) in [4.78, 5) is 48.5. The van der Waals surface area contributed by atoms with Gasteiger partial charge < -0.3 is 10.4 Å². The maximum absolute atomic E-state index is 15.1. The standard InChI is InChI=1S/C39H38FN3O4S/c1-23-6-10-26(11-7-23)28-14-15-31(32(40)19-28)30-21-41-36(42-22-30)27-12-8-25(9-13-27)18-29(37(45)43-24(2)38(46)47)20-33(44)34-16-17-35(48-34)39(3,4)5/h6-17,19,21-22,24,29H,18,20H2,1-5H3,(H,43,45)(H,46,47)/t24-,29-/m1/s1. The predicted octanol–water partition coefficient (Wildman–Crippen LogP) is 8.31. The van der Waals surface area contributed by atoms with Crippen LogP contribution in [0.5, 0.6) is 0 Å². The van der Waals surface area contributed by atoms with Crippen molar-refractivity contribution in [3.05, 3.63) is 118 Å². The third-order valence-electron chi connectivity index (χ3n) is 8.16. The largest absolute Gasteiger partial charge is 0.480 e. The summed E-state index contributed by atoms with van der Waals surface area (Å²) < 4.78 is 15.1. The Morgan fingerprint density at radius 1 is 0.854 bits per heavy atom. The van der Waals surface area contributed by atoms with Crippen molar-refractivity contribution in [3.63, 3.8) is 0 Å². The highest BCUT2D eigenvalue weighted by Gasteiger charge is 2.27. The van der Waals surface area contributed by atoms with E-state index in [2.05, 4.69) is 36.1 Å². The number of aliphatic carboxylic acids is 1. The van der Waals surface area contributed by atoms with Gasteiger partial charge in [-0.3, -0.25) is 14.4 Å². The summed E-state index contributed by atoms with van der Waals surface area (Å²) >= 11 is 1.42. The summed E-state index contributed by atoms with van der Waals surface area (Å²) in [6, 6.07) is 23.0. The van der Waals surface area contributed by atoms with Crippen LogP contribution in [0.25, 0.3) is 33.6 Å². The first-order chi connectivity index (χ1) is 22.8. The highest BCUT2D eigenvalue weighted by Crippen LogP contribution is 2.32. The van der Waals surface area contributed by atoms with E-state index in [1.807, 2.05) is 67.6 Å². The number of aromatic nitrogens is 2. The van der Waals surface area contributed by atoms with E-state index in [9.17, 15) is 19.5 Å². The number of aryl methyl sites for hydroxylation is 1. The molecular weight excluding hydrogens is 626 g/mol. The number of carbonyl (C=O) groups excluding carboxylic acids is 2. The maximum atomic E-state index is 15.1. The molecule has 0 bridgehead atoms. The molecule has 246 valence electrons. The fourth-order valence-electron chi connectivity index (χ4n) is 5.23. The molecule has 0 aliphatic rings. The van der Waals surface area contributed by atoms with E-state index in [0.29, 0.717) is 21.8 Å². The Bertz CT molecular complexity index is 1930. The summed E-state index contributed by atoms with van der Waals surface area (Å²) in [7, 11) is 0. The Morgan fingerprint density at radius 2 is 1.48 bits per heavy atom. The summed E-state index contributed by atoms with van der Waals surface area (Å²) in [6.45, 7) is 9.62. The van der Waals surface area contributed by atoms with Crippen molar-refractivity contribution in [2.24, 2.45) is 5.92 Å². The zero-order chi connectivity index (χ0) is 34.6. The first-order valence-electron chi connectivity index (χ1n) is 15.7. The molecule has 0 aliphatic carbocycles. The van der Waals surface area contributed by atoms with Crippen LogP contribution >= 0.6 is 11.3 Å². The van der Waals surface area contributed by atoms with E-state index in [-0.39, 0.29) is 29.9 Å². The third kappa shape index (κ3) is 8.27. The molecule has 0 radical (unpaired) electrons. The van der Waals surface area contributed by atoms with E-state index < -0.39 is 23.8 Å². The Labute approximate surface area is 283 Å². The zero-order valence-corrected chi connectivity index (χ0v) is 28.4. The van der Waals surface area contributed by atoms with Crippen molar-refractivity contribution in [1.82, 2.24) is 15.3 Å². The lowest BCUT2D eigenvalue weighted by atomic mass is 9.92. The van der Waals surface area contributed by atoms with Crippen molar-refractivity contribution < 1.29 is 23.9 Å². The molecule has 0 saturated carbocycles. The topological polar surface area (TPSA) is 109 Å². The van der Waals surface area contributed by atoms with Gasteiger partial charge in [-0.15, -0.1) is 11.3 Å². The second-order valence-electron chi connectivity index (χ2n) is 13.1. The van der Waals surface area contributed by atoms with Crippen LogP contribution in [0.3, 0.4) is 0 Å². The fourth-order valence-corrected chi connectivity index (χ4v) is 6.24. The Kier molecular flexibility index (Phi) is 10.3. The van der Waals surface area contributed by atoms with Gasteiger partial charge in [0.15, 0.2) is 11.6 Å². The van der Waals surface area contributed by atoms with E-state index >= 15 is 4.39 Å². The van der Waals surface area contributed by atoms with Crippen molar-refractivity contribution in [1.29, 1.82) is 0 Å². The molecule has 1 amide bonds. The number of Topliss-reactive ketones (excluding diaryl/α,β-unsaturated/α-hetero) is 1. The second-order valence-corrected chi connectivity index (χ2v) is 14.1. The molecule has 5 aromatic rings. The molecule has 5 rings (SSSR count). The minimum Gasteiger partial charge on any atom is -0.480 e. The first kappa shape index (κ1) is 34.3. The van der Waals surface area contributed by atoms with Gasteiger partial charge in [0.1, 0.15) is 11.9 Å². The first-order valence-corrected chi connectivity index (χ1v) is 16.5. The number of amides is 1. The van der Waals surface area contributed by atoms with Crippen LogP contribution in [0.2, 0.25) is 0 Å². The summed E-state index contributed by atoms with van der Waals surface area (Å²) in [5.74, 6) is -2.49. The number of carboxylic acid groups (broad SMARTS) is 1. The molecule has 0 unspecified atom stereocenters. The second kappa shape index (κ2) is 14.4. The summed E-state index contributed by atoms with van der Waals surface area (Å²) in [6.07, 6.45) is 3.35. The minimum atomic E-state index is -1.15. The average Bonchev–Trinajstić information content (AvgIpc) is 3.57.